The number of carbonyl (C=O) groups excluding carboxylic acids is 1. The van der Waals surface area contributed by atoms with Crippen molar-refractivity contribution >= 4 is 46.1 Å². The Balaban J connectivity index is 1.55. The van der Waals surface area contributed by atoms with E-state index in [-0.39, 0.29) is 17.4 Å². The van der Waals surface area contributed by atoms with Gasteiger partial charge in [-0.25, -0.2) is 0 Å². The average molecular weight is 421 g/mol. The lowest BCUT2D eigenvalue weighted by molar-refractivity contribution is 0.0998. The third-order valence-corrected chi connectivity index (χ3v) is 4.66. The molecule has 150 valence electrons. The Hall–Kier alpha value is -3.77. The molecule has 3 aromatic carbocycles. The first-order valence-electron chi connectivity index (χ1n) is 9.04. The molecule has 0 fully saturated rings. The summed E-state index contributed by atoms with van der Waals surface area (Å²) in [5, 5.41) is 14.0. The third-order valence-electron chi connectivity index (χ3n) is 4.42. The molecule has 0 saturated carbocycles. The van der Waals surface area contributed by atoms with Crippen molar-refractivity contribution < 1.29 is 19.1 Å². The van der Waals surface area contributed by atoms with Crippen molar-refractivity contribution in [1.29, 1.82) is 0 Å². The number of halogens is 1. The van der Waals surface area contributed by atoms with E-state index < -0.39 is 0 Å². The minimum Gasteiger partial charge on any atom is -0.507 e. The van der Waals surface area contributed by atoms with Crippen LogP contribution in [-0.2, 0) is 0 Å². The molecule has 0 radical (unpaired) electrons. The zero-order chi connectivity index (χ0) is 21.1. The Morgan fingerprint density at radius 2 is 1.97 bits per heavy atom. The van der Waals surface area contributed by atoms with Gasteiger partial charge in [0.15, 0.2) is 5.76 Å². The van der Waals surface area contributed by atoms with Gasteiger partial charge < -0.3 is 19.6 Å². The van der Waals surface area contributed by atoms with Crippen molar-refractivity contribution in [2.24, 2.45) is 4.99 Å². The van der Waals surface area contributed by atoms with Crippen molar-refractivity contribution in [2.75, 3.05) is 12.4 Å². The predicted molar refractivity (Wildman–Crippen MR) is 118 cm³/mol. The molecule has 30 heavy (non-hydrogen) atoms. The van der Waals surface area contributed by atoms with E-state index in [0.29, 0.717) is 33.3 Å². The van der Waals surface area contributed by atoms with Gasteiger partial charge >= 0.3 is 0 Å². The molecular formula is C23H17ClN2O4. The number of benzene rings is 3. The number of phenolic OH excluding ortho intramolecular Hbond substituents is 1. The number of hydrogen-bond donors (Lipinski definition) is 2. The van der Waals surface area contributed by atoms with Gasteiger partial charge in [-0.05, 0) is 42.5 Å². The van der Waals surface area contributed by atoms with E-state index in [1.807, 2.05) is 18.2 Å². The van der Waals surface area contributed by atoms with E-state index >= 15 is 0 Å². The van der Waals surface area contributed by atoms with Crippen molar-refractivity contribution in [3.05, 3.63) is 83.1 Å². The molecule has 2 N–H and O–H groups in total. The van der Waals surface area contributed by atoms with Crippen molar-refractivity contribution in [3.8, 4) is 11.5 Å². The minimum atomic E-state index is -0.385. The number of nitrogens with zero attached hydrogens (tertiary/aromatic N) is 1. The number of phenols is 1. The monoisotopic (exact) mass is 420 g/mol. The summed E-state index contributed by atoms with van der Waals surface area (Å²) < 4.78 is 11.0. The average Bonchev–Trinajstić information content (AvgIpc) is 3.19. The van der Waals surface area contributed by atoms with Crippen LogP contribution < -0.4 is 10.1 Å². The molecule has 4 aromatic rings. The first kappa shape index (κ1) is 19.5. The van der Waals surface area contributed by atoms with E-state index in [0.717, 1.165) is 5.39 Å². The highest BCUT2D eigenvalue weighted by Crippen LogP contribution is 2.31. The topological polar surface area (TPSA) is 84.1 Å². The summed E-state index contributed by atoms with van der Waals surface area (Å²) in [6.07, 6.45) is 1.50. The van der Waals surface area contributed by atoms with E-state index in [2.05, 4.69) is 10.3 Å². The third kappa shape index (κ3) is 4.14. The number of hydrogen-bond acceptors (Lipinski definition) is 5. The normalized spacial score (nSPS) is 11.1. The highest BCUT2D eigenvalue weighted by molar-refractivity contribution is 6.30. The van der Waals surface area contributed by atoms with Gasteiger partial charge in [0.25, 0.3) is 5.91 Å². The van der Waals surface area contributed by atoms with Crippen LogP contribution in [0.5, 0.6) is 11.5 Å². The van der Waals surface area contributed by atoms with Crippen LogP contribution in [0.1, 0.15) is 16.1 Å². The molecule has 0 spiro atoms. The van der Waals surface area contributed by atoms with Gasteiger partial charge in [-0.3, -0.25) is 9.79 Å². The number of rotatable bonds is 5. The number of amides is 1. The maximum Gasteiger partial charge on any atom is 0.291 e. The molecular weight excluding hydrogens is 404 g/mol. The number of ether oxygens (including phenoxy) is 1. The fourth-order valence-electron chi connectivity index (χ4n) is 2.91. The molecule has 0 aliphatic heterocycles. The largest absolute Gasteiger partial charge is 0.507 e. The van der Waals surface area contributed by atoms with Crippen LogP contribution in [0.2, 0.25) is 5.02 Å². The number of nitrogens with one attached hydrogen (secondary N) is 1. The number of aliphatic imine (C=N–C) groups is 1. The highest BCUT2D eigenvalue weighted by Gasteiger charge is 2.15. The van der Waals surface area contributed by atoms with Crippen LogP contribution in [0.15, 0.2) is 76.1 Å². The number of carbonyl (C=O) groups is 1. The highest BCUT2D eigenvalue weighted by atomic mass is 35.5. The smallest absolute Gasteiger partial charge is 0.291 e. The Labute approximate surface area is 177 Å². The number of furan rings is 1. The lowest BCUT2D eigenvalue weighted by Gasteiger charge is -2.10. The molecule has 7 heteroatoms. The zero-order valence-corrected chi connectivity index (χ0v) is 16.7. The van der Waals surface area contributed by atoms with Gasteiger partial charge in [-0.15, -0.1) is 0 Å². The molecule has 6 nitrogen and oxygen atoms in total. The molecule has 0 unspecified atom stereocenters. The standard InChI is InChI=1S/C23H17ClN2O4/c1-29-21-12-17(25-13-15-10-16(24)6-9-19(15)27)7-8-18(21)26-23(28)22-11-14-4-2-3-5-20(14)30-22/h2-13,27H,1H3,(H,26,28). The first-order valence-corrected chi connectivity index (χ1v) is 9.42. The number of methoxy groups -OCH3 is 1. The zero-order valence-electron chi connectivity index (χ0n) is 15.9. The summed E-state index contributed by atoms with van der Waals surface area (Å²) in [6.45, 7) is 0. The lowest BCUT2D eigenvalue weighted by Crippen LogP contribution is -2.11. The predicted octanol–water partition coefficient (Wildman–Crippen LogP) is 5.80. The molecule has 0 atom stereocenters. The van der Waals surface area contributed by atoms with Crippen LogP contribution in [0.3, 0.4) is 0 Å². The Kier molecular flexibility index (Phi) is 5.41. The lowest BCUT2D eigenvalue weighted by atomic mass is 10.2. The Morgan fingerprint density at radius 3 is 2.77 bits per heavy atom. The molecule has 0 aliphatic rings. The second-order valence-electron chi connectivity index (χ2n) is 6.45. The van der Waals surface area contributed by atoms with E-state index in [1.54, 1.807) is 42.5 Å². The molecule has 0 saturated heterocycles. The van der Waals surface area contributed by atoms with Crippen LogP contribution in [0.25, 0.3) is 11.0 Å². The van der Waals surface area contributed by atoms with Crippen molar-refractivity contribution in [3.63, 3.8) is 0 Å². The molecule has 0 aliphatic carbocycles. The number of anilines is 1. The summed E-state index contributed by atoms with van der Waals surface area (Å²) in [6, 6.07) is 18.9. The summed E-state index contributed by atoms with van der Waals surface area (Å²) in [5.41, 5.74) is 2.19. The Bertz CT molecular complexity index is 1230. The van der Waals surface area contributed by atoms with E-state index in [9.17, 15) is 9.90 Å². The van der Waals surface area contributed by atoms with Gasteiger partial charge in [-0.1, -0.05) is 29.8 Å². The Morgan fingerprint density at radius 1 is 1.13 bits per heavy atom. The summed E-state index contributed by atoms with van der Waals surface area (Å²) in [5.74, 6) is 0.329. The fourth-order valence-corrected chi connectivity index (χ4v) is 3.09. The molecule has 1 amide bonds. The van der Waals surface area contributed by atoms with Crippen molar-refractivity contribution in [1.82, 2.24) is 0 Å². The molecule has 1 heterocycles. The van der Waals surface area contributed by atoms with Gasteiger partial charge in [0.2, 0.25) is 0 Å². The fraction of sp³-hybridized carbons (Fsp3) is 0.0435. The van der Waals surface area contributed by atoms with Gasteiger partial charge in [0, 0.05) is 28.3 Å². The van der Waals surface area contributed by atoms with Gasteiger partial charge in [0.1, 0.15) is 17.1 Å². The molecule has 4 rings (SSSR count). The molecule has 0 bridgehead atoms. The second kappa shape index (κ2) is 8.31. The molecule has 1 aromatic heterocycles. The SMILES string of the molecule is COc1cc(N=Cc2cc(Cl)ccc2O)ccc1NC(=O)c1cc2ccccc2o1. The van der Waals surface area contributed by atoms with Crippen molar-refractivity contribution in [2.45, 2.75) is 0 Å². The van der Waals surface area contributed by atoms with Crippen LogP contribution in [0.4, 0.5) is 11.4 Å². The summed E-state index contributed by atoms with van der Waals surface area (Å²) in [7, 11) is 1.50. The van der Waals surface area contributed by atoms with Crippen LogP contribution in [-0.4, -0.2) is 24.3 Å². The van der Waals surface area contributed by atoms with Gasteiger partial charge in [-0.2, -0.15) is 0 Å². The summed E-state index contributed by atoms with van der Waals surface area (Å²) in [4.78, 5) is 16.9. The number of fused-ring (bicyclic) bond motifs is 1. The second-order valence-corrected chi connectivity index (χ2v) is 6.88. The number of para-hydroxylation sites is 1. The quantitative estimate of drug-likeness (QED) is 0.399. The maximum atomic E-state index is 12.6. The van der Waals surface area contributed by atoms with Crippen LogP contribution >= 0.6 is 11.6 Å². The maximum absolute atomic E-state index is 12.6. The van der Waals surface area contributed by atoms with E-state index in [4.69, 9.17) is 20.8 Å². The van der Waals surface area contributed by atoms with E-state index in [1.165, 1.54) is 19.4 Å². The summed E-state index contributed by atoms with van der Waals surface area (Å²) >= 11 is 5.95. The first-order chi connectivity index (χ1) is 14.5. The number of aromatic hydroxyl groups is 1. The van der Waals surface area contributed by atoms with Crippen LogP contribution in [0, 0.1) is 0 Å². The van der Waals surface area contributed by atoms with Gasteiger partial charge in [0.05, 0.1) is 18.5 Å². The minimum absolute atomic E-state index is 0.0739.